The number of H-pyrrole nitrogens is 1. The number of benzene rings is 2. The molecule has 3 heterocycles. The summed E-state index contributed by atoms with van der Waals surface area (Å²) in [5.41, 5.74) is 3.78. The van der Waals surface area contributed by atoms with Crippen molar-refractivity contribution in [3.05, 3.63) is 112 Å². The van der Waals surface area contributed by atoms with Gasteiger partial charge < -0.3 is 9.40 Å². The van der Waals surface area contributed by atoms with E-state index in [0.717, 1.165) is 40.0 Å². The first kappa shape index (κ1) is 22.7. The molecule has 0 spiro atoms. The van der Waals surface area contributed by atoms with E-state index >= 15 is 0 Å². The average molecular weight is 469 g/mol. The molecule has 0 saturated heterocycles. The van der Waals surface area contributed by atoms with Crippen molar-refractivity contribution in [2.45, 2.75) is 45.9 Å². The van der Waals surface area contributed by atoms with Crippen LogP contribution in [0.5, 0.6) is 0 Å². The molecule has 35 heavy (non-hydrogen) atoms. The van der Waals surface area contributed by atoms with Crippen LogP contribution in [0.2, 0.25) is 0 Å². The molecular weight excluding hydrogens is 440 g/mol. The van der Waals surface area contributed by atoms with Gasteiger partial charge in [0.05, 0.1) is 12.3 Å². The van der Waals surface area contributed by atoms with Crippen molar-refractivity contribution in [1.82, 2.24) is 30.1 Å². The second-order valence-electron chi connectivity index (χ2n) is 8.80. The summed E-state index contributed by atoms with van der Waals surface area (Å²) < 4.78 is 7.29. The molecule has 178 valence electrons. The second kappa shape index (κ2) is 10.1. The Labute approximate surface area is 203 Å². The molecule has 1 N–H and O–H groups in total. The zero-order valence-electron chi connectivity index (χ0n) is 19.9. The number of fused-ring (bicyclic) bond motifs is 1. The van der Waals surface area contributed by atoms with Crippen molar-refractivity contribution in [2.24, 2.45) is 0 Å². The van der Waals surface area contributed by atoms with Gasteiger partial charge in [-0.15, -0.1) is 5.10 Å². The molecule has 5 aromatic rings. The first-order valence-electron chi connectivity index (χ1n) is 11.8. The van der Waals surface area contributed by atoms with Crippen molar-refractivity contribution in [2.75, 3.05) is 0 Å². The first-order chi connectivity index (χ1) is 17.1. The molecule has 2 aromatic carbocycles. The molecule has 0 aliphatic rings. The van der Waals surface area contributed by atoms with Crippen molar-refractivity contribution >= 4 is 10.9 Å². The van der Waals surface area contributed by atoms with E-state index in [2.05, 4.69) is 57.5 Å². The molecule has 0 bridgehead atoms. The fraction of sp³-hybridized carbons (Fsp3) is 0.259. The van der Waals surface area contributed by atoms with Crippen molar-refractivity contribution in [1.29, 1.82) is 0 Å². The van der Waals surface area contributed by atoms with Crippen LogP contribution in [0, 0.1) is 6.92 Å². The van der Waals surface area contributed by atoms with E-state index in [4.69, 9.17) is 4.42 Å². The summed E-state index contributed by atoms with van der Waals surface area (Å²) >= 11 is 0. The third-order valence-corrected chi connectivity index (χ3v) is 6.25. The second-order valence-corrected chi connectivity index (χ2v) is 8.80. The molecule has 8 nitrogen and oxygen atoms in total. The van der Waals surface area contributed by atoms with Gasteiger partial charge in [-0.05, 0) is 65.1 Å². The summed E-state index contributed by atoms with van der Waals surface area (Å²) in [4.78, 5) is 18.4. The van der Waals surface area contributed by atoms with Crippen LogP contribution >= 0.6 is 0 Å². The monoisotopic (exact) mass is 468 g/mol. The van der Waals surface area contributed by atoms with E-state index in [1.165, 1.54) is 0 Å². The van der Waals surface area contributed by atoms with Crippen molar-refractivity contribution < 1.29 is 4.42 Å². The number of furan rings is 1. The van der Waals surface area contributed by atoms with Crippen molar-refractivity contribution in [3.8, 4) is 0 Å². The quantitative estimate of drug-likeness (QED) is 0.339. The lowest BCUT2D eigenvalue weighted by Crippen LogP contribution is -2.32. The molecule has 1 unspecified atom stereocenters. The van der Waals surface area contributed by atoms with E-state index in [1.54, 1.807) is 10.9 Å². The number of aromatic nitrogens is 5. The Morgan fingerprint density at radius 3 is 2.69 bits per heavy atom. The highest BCUT2D eigenvalue weighted by atomic mass is 16.3. The Bertz CT molecular complexity index is 1460. The minimum atomic E-state index is -0.104. The minimum Gasteiger partial charge on any atom is -0.467 e. The maximum Gasteiger partial charge on any atom is 0.252 e. The van der Waals surface area contributed by atoms with Crippen LogP contribution in [0.3, 0.4) is 0 Å². The highest BCUT2D eigenvalue weighted by Crippen LogP contribution is 2.27. The number of rotatable bonds is 9. The zero-order valence-corrected chi connectivity index (χ0v) is 19.9. The van der Waals surface area contributed by atoms with Crippen LogP contribution in [0.25, 0.3) is 10.9 Å². The Hall–Kier alpha value is -4.04. The number of nitrogens with zero attached hydrogens (tertiary/aromatic N) is 5. The molecule has 0 amide bonds. The SMILES string of the molecule is CCC(c1nnnn1Cc1ccco1)N(Cc1ccccc1)Cc1cc2cc(C)ccc2[nH]c1=O. The van der Waals surface area contributed by atoms with E-state index in [0.29, 0.717) is 25.2 Å². The van der Waals surface area contributed by atoms with Gasteiger partial charge in [0.2, 0.25) is 0 Å². The molecule has 0 aliphatic heterocycles. The molecule has 0 aliphatic carbocycles. The van der Waals surface area contributed by atoms with Crippen LogP contribution < -0.4 is 5.56 Å². The Kier molecular flexibility index (Phi) is 6.54. The lowest BCUT2D eigenvalue weighted by Gasteiger charge is -2.30. The number of aryl methyl sites for hydroxylation is 1. The number of nitrogens with one attached hydrogen (secondary N) is 1. The van der Waals surface area contributed by atoms with Crippen LogP contribution in [0.4, 0.5) is 0 Å². The first-order valence-corrected chi connectivity index (χ1v) is 11.8. The van der Waals surface area contributed by atoms with Gasteiger partial charge in [0.15, 0.2) is 5.82 Å². The maximum absolute atomic E-state index is 13.0. The van der Waals surface area contributed by atoms with Gasteiger partial charge >= 0.3 is 0 Å². The summed E-state index contributed by atoms with van der Waals surface area (Å²) in [5.74, 6) is 1.53. The summed E-state index contributed by atoms with van der Waals surface area (Å²) in [6.07, 6.45) is 2.42. The molecule has 0 radical (unpaired) electrons. The number of hydrogen-bond acceptors (Lipinski definition) is 6. The third kappa shape index (κ3) is 5.07. The lowest BCUT2D eigenvalue weighted by molar-refractivity contribution is 0.161. The normalized spacial score (nSPS) is 12.4. The van der Waals surface area contributed by atoms with Gasteiger partial charge in [-0.25, -0.2) is 4.68 Å². The summed E-state index contributed by atoms with van der Waals surface area (Å²) in [7, 11) is 0. The largest absolute Gasteiger partial charge is 0.467 e. The Morgan fingerprint density at radius 2 is 1.91 bits per heavy atom. The Morgan fingerprint density at radius 1 is 1.06 bits per heavy atom. The summed E-state index contributed by atoms with van der Waals surface area (Å²) in [6.45, 7) is 5.72. The van der Waals surface area contributed by atoms with Gasteiger partial charge in [-0.3, -0.25) is 9.69 Å². The topological polar surface area (TPSA) is 92.8 Å². The molecule has 8 heteroatoms. The zero-order chi connectivity index (χ0) is 24.2. The minimum absolute atomic E-state index is 0.0792. The fourth-order valence-corrected chi connectivity index (χ4v) is 4.52. The smallest absolute Gasteiger partial charge is 0.252 e. The maximum atomic E-state index is 13.0. The summed E-state index contributed by atoms with van der Waals surface area (Å²) in [5, 5.41) is 13.6. The summed E-state index contributed by atoms with van der Waals surface area (Å²) in [6, 6.07) is 22.0. The van der Waals surface area contributed by atoms with Gasteiger partial charge in [-0.1, -0.05) is 48.9 Å². The standard InChI is InChI=1S/C27H28N6O2/c1-3-25(26-29-30-31-33(26)18-23-10-7-13-35-23)32(16-20-8-5-4-6-9-20)17-22-15-21-14-19(2)11-12-24(21)28-27(22)34/h4-15,25H,3,16-18H2,1-2H3,(H,28,34). The molecule has 0 fully saturated rings. The molecule has 0 saturated carbocycles. The van der Waals surface area contributed by atoms with Crippen LogP contribution in [-0.4, -0.2) is 30.1 Å². The lowest BCUT2D eigenvalue weighted by atomic mass is 10.1. The van der Waals surface area contributed by atoms with Crippen LogP contribution in [-0.2, 0) is 19.6 Å². The van der Waals surface area contributed by atoms with E-state index in [-0.39, 0.29) is 11.6 Å². The predicted octanol–water partition coefficient (Wildman–Crippen LogP) is 4.62. The number of aromatic amines is 1. The molecule has 5 rings (SSSR count). The highest BCUT2D eigenvalue weighted by molar-refractivity contribution is 5.79. The highest BCUT2D eigenvalue weighted by Gasteiger charge is 2.26. The van der Waals surface area contributed by atoms with E-state index < -0.39 is 0 Å². The van der Waals surface area contributed by atoms with E-state index in [9.17, 15) is 4.79 Å². The van der Waals surface area contributed by atoms with E-state index in [1.807, 2.05) is 48.5 Å². The van der Waals surface area contributed by atoms with Gasteiger partial charge in [0.1, 0.15) is 12.3 Å². The van der Waals surface area contributed by atoms with Crippen LogP contribution in [0.15, 0.2) is 82.2 Å². The van der Waals surface area contributed by atoms with Gasteiger partial charge in [0, 0.05) is 24.2 Å². The number of tetrazole rings is 1. The molecular formula is C27H28N6O2. The van der Waals surface area contributed by atoms with Gasteiger partial charge in [0.25, 0.3) is 5.56 Å². The van der Waals surface area contributed by atoms with Crippen LogP contribution in [0.1, 0.15) is 47.7 Å². The van der Waals surface area contributed by atoms with Gasteiger partial charge in [-0.2, -0.15) is 0 Å². The Balaban J connectivity index is 1.52. The average Bonchev–Trinajstić information content (AvgIpc) is 3.54. The number of pyridine rings is 1. The predicted molar refractivity (Wildman–Crippen MR) is 134 cm³/mol. The number of hydrogen-bond donors (Lipinski definition) is 1. The third-order valence-electron chi connectivity index (χ3n) is 6.25. The molecule has 1 atom stereocenters. The van der Waals surface area contributed by atoms with Crippen molar-refractivity contribution in [3.63, 3.8) is 0 Å². The molecule has 3 aromatic heterocycles. The fourth-order valence-electron chi connectivity index (χ4n) is 4.52.